The lowest BCUT2D eigenvalue weighted by Gasteiger charge is -1.86. The van der Waals surface area contributed by atoms with Gasteiger partial charge in [-0.25, -0.2) is 0 Å². The van der Waals surface area contributed by atoms with Gasteiger partial charge >= 0.3 is 0 Å². The van der Waals surface area contributed by atoms with Crippen LogP contribution in [0.15, 0.2) is 23.5 Å². The molecule has 13 heavy (non-hydrogen) atoms. The average molecular weight is 196 g/mol. The van der Waals surface area contributed by atoms with Gasteiger partial charge in [-0.15, -0.1) is 0 Å². The standard InChI is InChI=1S/C9H10NO2P/c1-3-4-13(2)6-7-5-8(11)10-9(7)12/h3-6H,1-2H3/p+1/b4-3-. The highest BCUT2D eigenvalue weighted by molar-refractivity contribution is 7.60. The highest BCUT2D eigenvalue weighted by Crippen LogP contribution is 2.20. The number of carbonyl (C=O) groups is 2. The molecule has 1 N–H and O–H groups in total. The van der Waals surface area contributed by atoms with Gasteiger partial charge in [-0.3, -0.25) is 14.9 Å². The van der Waals surface area contributed by atoms with E-state index in [1.807, 2.05) is 31.3 Å². The Balaban J connectivity index is 2.85. The Morgan fingerprint density at radius 3 is 2.62 bits per heavy atom. The fourth-order valence-corrected chi connectivity index (χ4v) is 2.21. The third-order valence-electron chi connectivity index (χ3n) is 1.51. The molecule has 3 nitrogen and oxygen atoms in total. The van der Waals surface area contributed by atoms with Gasteiger partial charge < -0.3 is 0 Å². The maximum atomic E-state index is 11.1. The highest BCUT2D eigenvalue weighted by atomic mass is 31.1. The normalized spacial score (nSPS) is 18.0. The summed E-state index contributed by atoms with van der Waals surface area (Å²) in [6.45, 7) is 3.95. The van der Waals surface area contributed by atoms with E-state index in [2.05, 4.69) is 5.32 Å². The van der Waals surface area contributed by atoms with Gasteiger partial charge in [-0.05, 0) is 13.0 Å². The molecule has 1 atom stereocenters. The molecular formula is C9H11NO2P+. The maximum absolute atomic E-state index is 11.1. The number of amides is 2. The van der Waals surface area contributed by atoms with Crippen molar-refractivity contribution in [1.29, 1.82) is 0 Å². The molecule has 0 radical (unpaired) electrons. The SMILES string of the molecule is C/C=C\[P+](C)=CC1=CC(=O)NC1=O. The van der Waals surface area contributed by atoms with Crippen molar-refractivity contribution in [2.24, 2.45) is 0 Å². The molecule has 0 saturated heterocycles. The molecule has 0 bridgehead atoms. The van der Waals surface area contributed by atoms with Crippen LogP contribution >= 0.6 is 7.55 Å². The van der Waals surface area contributed by atoms with Gasteiger partial charge in [0, 0.05) is 6.08 Å². The minimum atomic E-state index is -0.424. The molecule has 1 heterocycles. The Bertz CT molecular complexity index is 340. The topological polar surface area (TPSA) is 46.2 Å². The summed E-state index contributed by atoms with van der Waals surface area (Å²) in [5.74, 6) is 3.24. The van der Waals surface area contributed by atoms with Crippen LogP contribution in [-0.2, 0) is 9.59 Å². The van der Waals surface area contributed by atoms with Gasteiger partial charge in [0.15, 0.2) is 0 Å². The van der Waals surface area contributed by atoms with Crippen LogP contribution in [0, 0.1) is 0 Å². The van der Waals surface area contributed by atoms with E-state index in [9.17, 15) is 9.59 Å². The molecular weight excluding hydrogens is 185 g/mol. The van der Waals surface area contributed by atoms with E-state index in [4.69, 9.17) is 0 Å². The number of nitrogens with one attached hydrogen (secondary N) is 1. The van der Waals surface area contributed by atoms with Crippen molar-refractivity contribution < 1.29 is 9.59 Å². The van der Waals surface area contributed by atoms with Gasteiger partial charge in [0.2, 0.25) is 0 Å². The van der Waals surface area contributed by atoms with E-state index in [-0.39, 0.29) is 11.8 Å². The third-order valence-corrected chi connectivity index (χ3v) is 2.97. The first-order valence-corrected chi connectivity index (χ1v) is 5.83. The molecule has 0 aromatic carbocycles. The first-order valence-electron chi connectivity index (χ1n) is 3.90. The van der Waals surface area contributed by atoms with Gasteiger partial charge in [0.25, 0.3) is 11.8 Å². The Hall–Kier alpha value is -1.21. The van der Waals surface area contributed by atoms with Crippen LogP contribution in [0.2, 0.25) is 0 Å². The number of hydrogen-bond acceptors (Lipinski definition) is 2. The summed E-state index contributed by atoms with van der Waals surface area (Å²) in [5, 5.41) is 2.20. The van der Waals surface area contributed by atoms with Gasteiger partial charge in [-0.1, -0.05) is 0 Å². The van der Waals surface area contributed by atoms with Gasteiger partial charge in [-0.2, -0.15) is 0 Å². The number of hydrogen-bond donors (Lipinski definition) is 1. The van der Waals surface area contributed by atoms with Crippen molar-refractivity contribution in [3.8, 4) is 0 Å². The van der Waals surface area contributed by atoms with Crippen LogP contribution in [0.1, 0.15) is 6.92 Å². The van der Waals surface area contributed by atoms with Crippen molar-refractivity contribution in [2.45, 2.75) is 6.92 Å². The lowest BCUT2D eigenvalue weighted by molar-refractivity contribution is -0.123. The molecule has 0 aromatic rings. The molecule has 1 aliphatic heterocycles. The number of allylic oxidation sites excluding steroid dienone is 1. The second-order valence-electron chi connectivity index (χ2n) is 2.70. The number of imide groups is 1. The van der Waals surface area contributed by atoms with E-state index >= 15 is 0 Å². The summed E-state index contributed by atoms with van der Waals surface area (Å²) >= 11 is 0. The fourth-order valence-electron chi connectivity index (χ4n) is 1.02. The van der Waals surface area contributed by atoms with Crippen LogP contribution in [-0.4, -0.2) is 24.3 Å². The summed E-state index contributed by atoms with van der Waals surface area (Å²) in [6.07, 6.45) is 3.28. The van der Waals surface area contributed by atoms with Gasteiger partial charge in [0.05, 0.1) is 5.57 Å². The molecule has 0 saturated carbocycles. The number of carbonyl (C=O) groups excluding carboxylic acids is 2. The van der Waals surface area contributed by atoms with Crippen molar-refractivity contribution >= 4 is 25.2 Å². The van der Waals surface area contributed by atoms with E-state index in [0.29, 0.717) is 5.57 Å². The molecule has 1 aliphatic rings. The minimum Gasteiger partial charge on any atom is -0.289 e. The zero-order chi connectivity index (χ0) is 9.84. The van der Waals surface area contributed by atoms with Crippen LogP contribution < -0.4 is 5.32 Å². The zero-order valence-corrected chi connectivity index (χ0v) is 8.47. The van der Waals surface area contributed by atoms with E-state index < -0.39 is 7.55 Å². The van der Waals surface area contributed by atoms with Crippen molar-refractivity contribution in [3.05, 3.63) is 23.5 Å². The summed E-state index contributed by atoms with van der Waals surface area (Å²) in [7, 11) is -0.424. The second kappa shape index (κ2) is 4.15. The Morgan fingerprint density at radius 1 is 1.46 bits per heavy atom. The number of rotatable bonds is 2. The van der Waals surface area contributed by atoms with Gasteiger partial charge in [0.1, 0.15) is 25.8 Å². The van der Waals surface area contributed by atoms with E-state index in [1.54, 1.807) is 0 Å². The lowest BCUT2D eigenvalue weighted by atomic mass is 10.3. The van der Waals surface area contributed by atoms with Crippen LogP contribution in [0.4, 0.5) is 0 Å². The molecule has 4 heteroatoms. The molecule has 1 rings (SSSR count). The first-order chi connectivity index (χ1) is 6.13. The summed E-state index contributed by atoms with van der Waals surface area (Å²) in [4.78, 5) is 21.8. The van der Waals surface area contributed by atoms with Crippen molar-refractivity contribution in [2.75, 3.05) is 6.66 Å². The van der Waals surface area contributed by atoms with Crippen LogP contribution in [0.3, 0.4) is 0 Å². The van der Waals surface area contributed by atoms with Crippen molar-refractivity contribution in [3.63, 3.8) is 0 Å². The Morgan fingerprint density at radius 2 is 2.15 bits per heavy atom. The van der Waals surface area contributed by atoms with E-state index in [0.717, 1.165) is 0 Å². The monoisotopic (exact) mass is 196 g/mol. The third kappa shape index (κ3) is 2.63. The van der Waals surface area contributed by atoms with Crippen LogP contribution in [0.25, 0.3) is 0 Å². The minimum absolute atomic E-state index is 0.288. The Labute approximate surface area is 77.9 Å². The average Bonchev–Trinajstić information content (AvgIpc) is 2.30. The molecule has 0 aliphatic carbocycles. The lowest BCUT2D eigenvalue weighted by Crippen LogP contribution is -2.22. The molecule has 0 spiro atoms. The summed E-state index contributed by atoms with van der Waals surface area (Å²) < 4.78 is 0. The largest absolute Gasteiger partial charge is 0.289 e. The molecule has 68 valence electrons. The summed E-state index contributed by atoms with van der Waals surface area (Å²) in [5.41, 5.74) is 0.483. The zero-order valence-electron chi connectivity index (χ0n) is 7.57. The first kappa shape index (κ1) is 9.87. The second-order valence-corrected chi connectivity index (χ2v) is 4.58. The predicted octanol–water partition coefficient (Wildman–Crippen LogP) is 1.02. The predicted molar refractivity (Wildman–Crippen MR) is 55.0 cm³/mol. The van der Waals surface area contributed by atoms with Crippen molar-refractivity contribution in [1.82, 2.24) is 5.32 Å². The quantitative estimate of drug-likeness (QED) is 0.529. The smallest absolute Gasteiger partial charge is 0.262 e. The van der Waals surface area contributed by atoms with Crippen LogP contribution in [0.5, 0.6) is 0 Å². The Kier molecular flexibility index (Phi) is 3.15. The summed E-state index contributed by atoms with van der Waals surface area (Å²) in [6, 6.07) is 0. The maximum Gasteiger partial charge on any atom is 0.262 e. The molecule has 0 fully saturated rings. The molecule has 1 unspecified atom stereocenters. The van der Waals surface area contributed by atoms with E-state index in [1.165, 1.54) is 6.08 Å². The molecule has 2 amide bonds. The fraction of sp³-hybridized carbons (Fsp3) is 0.222. The highest BCUT2D eigenvalue weighted by Gasteiger charge is 2.21. The molecule has 0 aromatic heterocycles.